The number of carbonyl (C=O) groups excluding carboxylic acids is 1. The minimum absolute atomic E-state index is 0.184. The van der Waals surface area contributed by atoms with E-state index in [1.54, 1.807) is 0 Å². The summed E-state index contributed by atoms with van der Waals surface area (Å²) in [4.78, 5) is 13.1. The van der Waals surface area contributed by atoms with E-state index >= 15 is 0 Å². The van der Waals surface area contributed by atoms with Gasteiger partial charge in [-0.3, -0.25) is 9.69 Å². The van der Waals surface area contributed by atoms with Crippen LogP contribution in [0.2, 0.25) is 0 Å². The van der Waals surface area contributed by atoms with Gasteiger partial charge in [-0.1, -0.05) is 0 Å². The number of nitrogens with zero attached hydrogens (tertiary/aromatic N) is 1. The molecule has 0 aromatic rings. The van der Waals surface area contributed by atoms with E-state index in [4.69, 9.17) is 10.5 Å². The molecule has 0 spiro atoms. The van der Waals surface area contributed by atoms with Gasteiger partial charge in [-0.15, -0.1) is 0 Å². The molecule has 0 aromatic heterocycles. The first-order valence-corrected chi connectivity index (χ1v) is 4.75. The quantitative estimate of drug-likeness (QED) is 0.659. The molecule has 0 aliphatic carbocycles. The molecular formula is C9H18N2O2. The van der Waals surface area contributed by atoms with Crippen LogP contribution in [-0.4, -0.2) is 42.6 Å². The van der Waals surface area contributed by atoms with E-state index in [2.05, 4.69) is 11.8 Å². The van der Waals surface area contributed by atoms with Crippen molar-refractivity contribution in [3.8, 4) is 0 Å². The van der Waals surface area contributed by atoms with E-state index in [0.717, 1.165) is 19.6 Å². The number of rotatable bonds is 2. The zero-order chi connectivity index (χ0) is 9.84. The number of ether oxygens (including phenoxy) is 1. The molecule has 1 aliphatic rings. The Morgan fingerprint density at radius 1 is 1.69 bits per heavy atom. The van der Waals surface area contributed by atoms with Crippen LogP contribution in [-0.2, 0) is 9.53 Å². The second-order valence-corrected chi connectivity index (χ2v) is 3.59. The van der Waals surface area contributed by atoms with Gasteiger partial charge < -0.3 is 10.5 Å². The lowest BCUT2D eigenvalue weighted by Crippen LogP contribution is -2.48. The van der Waals surface area contributed by atoms with Gasteiger partial charge in [0.2, 0.25) is 5.91 Å². The maximum atomic E-state index is 11.0. The third-order valence-corrected chi connectivity index (χ3v) is 2.54. The topological polar surface area (TPSA) is 55.6 Å². The van der Waals surface area contributed by atoms with E-state index in [9.17, 15) is 4.79 Å². The normalized spacial score (nSPS) is 28.0. The van der Waals surface area contributed by atoms with Gasteiger partial charge in [-0.2, -0.15) is 0 Å². The average molecular weight is 186 g/mol. The minimum atomic E-state index is -0.256. The number of hydrogen-bond acceptors (Lipinski definition) is 3. The third kappa shape index (κ3) is 2.67. The Labute approximate surface area is 79.0 Å². The zero-order valence-corrected chi connectivity index (χ0v) is 8.32. The van der Waals surface area contributed by atoms with Crippen molar-refractivity contribution < 1.29 is 9.53 Å². The van der Waals surface area contributed by atoms with Crippen molar-refractivity contribution in [1.29, 1.82) is 0 Å². The standard InChI is InChI=1S/C9H18N2O2/c1-7-6-13-5-3-4-11(7)8(2)9(10)12/h7-8H,3-6H2,1-2H3,(H2,10,12). The lowest BCUT2D eigenvalue weighted by atomic mass is 10.2. The van der Waals surface area contributed by atoms with Crippen molar-refractivity contribution in [2.45, 2.75) is 32.4 Å². The molecule has 4 nitrogen and oxygen atoms in total. The summed E-state index contributed by atoms with van der Waals surface area (Å²) >= 11 is 0. The minimum Gasteiger partial charge on any atom is -0.380 e. The molecule has 2 unspecified atom stereocenters. The second-order valence-electron chi connectivity index (χ2n) is 3.59. The Morgan fingerprint density at radius 2 is 2.38 bits per heavy atom. The Hall–Kier alpha value is -0.610. The van der Waals surface area contributed by atoms with Crippen LogP contribution in [0.5, 0.6) is 0 Å². The lowest BCUT2D eigenvalue weighted by molar-refractivity contribution is -0.123. The molecular weight excluding hydrogens is 168 g/mol. The van der Waals surface area contributed by atoms with Gasteiger partial charge in [0.1, 0.15) is 0 Å². The highest BCUT2D eigenvalue weighted by atomic mass is 16.5. The molecule has 0 radical (unpaired) electrons. The average Bonchev–Trinajstić information content (AvgIpc) is 2.28. The number of carbonyl (C=O) groups is 1. The number of nitrogens with two attached hydrogens (primary N) is 1. The highest BCUT2D eigenvalue weighted by Gasteiger charge is 2.25. The Kier molecular flexibility index (Phi) is 3.69. The van der Waals surface area contributed by atoms with E-state index in [1.807, 2.05) is 6.92 Å². The first-order chi connectivity index (χ1) is 6.13. The Balaban J connectivity index is 2.58. The molecule has 1 saturated heterocycles. The van der Waals surface area contributed by atoms with Crippen LogP contribution in [0.25, 0.3) is 0 Å². The highest BCUT2D eigenvalue weighted by Crippen LogP contribution is 2.10. The Bertz CT molecular complexity index is 184. The summed E-state index contributed by atoms with van der Waals surface area (Å²) in [5, 5.41) is 0. The summed E-state index contributed by atoms with van der Waals surface area (Å²) in [5.74, 6) is -0.256. The van der Waals surface area contributed by atoms with E-state index in [1.165, 1.54) is 0 Å². The van der Waals surface area contributed by atoms with Gasteiger partial charge in [-0.25, -0.2) is 0 Å². The van der Waals surface area contributed by atoms with Crippen LogP contribution in [0, 0.1) is 0 Å². The largest absolute Gasteiger partial charge is 0.380 e. The van der Waals surface area contributed by atoms with Crippen molar-refractivity contribution in [3.63, 3.8) is 0 Å². The fourth-order valence-electron chi connectivity index (χ4n) is 1.66. The van der Waals surface area contributed by atoms with Crippen molar-refractivity contribution >= 4 is 5.91 Å². The van der Waals surface area contributed by atoms with Gasteiger partial charge in [-0.05, 0) is 20.3 Å². The number of amides is 1. The summed E-state index contributed by atoms with van der Waals surface area (Å²) in [5.41, 5.74) is 5.26. The summed E-state index contributed by atoms with van der Waals surface area (Å²) < 4.78 is 5.37. The summed E-state index contributed by atoms with van der Waals surface area (Å²) in [7, 11) is 0. The Morgan fingerprint density at radius 3 is 3.00 bits per heavy atom. The van der Waals surface area contributed by atoms with Crippen LogP contribution < -0.4 is 5.73 Å². The van der Waals surface area contributed by atoms with Crippen molar-refractivity contribution in [1.82, 2.24) is 4.90 Å². The molecule has 1 aliphatic heterocycles. The molecule has 76 valence electrons. The van der Waals surface area contributed by atoms with Crippen molar-refractivity contribution in [2.75, 3.05) is 19.8 Å². The molecule has 4 heteroatoms. The van der Waals surface area contributed by atoms with Crippen molar-refractivity contribution in [2.24, 2.45) is 5.73 Å². The molecule has 2 N–H and O–H groups in total. The monoisotopic (exact) mass is 186 g/mol. The van der Waals surface area contributed by atoms with E-state index in [0.29, 0.717) is 6.61 Å². The highest BCUT2D eigenvalue weighted by molar-refractivity contribution is 5.79. The van der Waals surface area contributed by atoms with Crippen LogP contribution in [0.3, 0.4) is 0 Å². The molecule has 1 amide bonds. The SMILES string of the molecule is CC1COCCCN1C(C)C(N)=O. The molecule has 0 bridgehead atoms. The summed E-state index contributed by atoms with van der Waals surface area (Å²) in [6, 6.07) is 0.0988. The van der Waals surface area contributed by atoms with Gasteiger partial charge in [0.15, 0.2) is 0 Å². The van der Waals surface area contributed by atoms with Crippen LogP contribution >= 0.6 is 0 Å². The molecule has 0 saturated carbocycles. The molecule has 2 atom stereocenters. The maximum Gasteiger partial charge on any atom is 0.234 e. The predicted molar refractivity (Wildman–Crippen MR) is 50.3 cm³/mol. The zero-order valence-electron chi connectivity index (χ0n) is 8.32. The fraction of sp³-hybridized carbons (Fsp3) is 0.889. The molecule has 1 rings (SSSR count). The molecule has 0 aromatic carbocycles. The van der Waals surface area contributed by atoms with Gasteiger partial charge >= 0.3 is 0 Å². The van der Waals surface area contributed by atoms with Gasteiger partial charge in [0.05, 0.1) is 12.6 Å². The van der Waals surface area contributed by atoms with Gasteiger partial charge in [0, 0.05) is 19.2 Å². The second kappa shape index (κ2) is 4.58. The van der Waals surface area contributed by atoms with Crippen LogP contribution in [0.4, 0.5) is 0 Å². The van der Waals surface area contributed by atoms with Gasteiger partial charge in [0.25, 0.3) is 0 Å². The third-order valence-electron chi connectivity index (χ3n) is 2.54. The smallest absolute Gasteiger partial charge is 0.234 e. The maximum absolute atomic E-state index is 11.0. The van der Waals surface area contributed by atoms with Crippen LogP contribution in [0.1, 0.15) is 20.3 Å². The van der Waals surface area contributed by atoms with Crippen molar-refractivity contribution in [3.05, 3.63) is 0 Å². The first kappa shape index (κ1) is 10.5. The number of primary amides is 1. The predicted octanol–water partition coefficient (Wildman–Crippen LogP) is -0.0290. The number of hydrogen-bond donors (Lipinski definition) is 1. The first-order valence-electron chi connectivity index (χ1n) is 4.75. The summed E-state index contributed by atoms with van der Waals surface area (Å²) in [6.07, 6.45) is 0.974. The summed E-state index contributed by atoms with van der Waals surface area (Å²) in [6.45, 7) is 6.28. The lowest BCUT2D eigenvalue weighted by Gasteiger charge is -2.30. The van der Waals surface area contributed by atoms with Crippen LogP contribution in [0.15, 0.2) is 0 Å². The molecule has 13 heavy (non-hydrogen) atoms. The molecule has 1 fully saturated rings. The van der Waals surface area contributed by atoms with E-state index < -0.39 is 0 Å². The van der Waals surface area contributed by atoms with E-state index in [-0.39, 0.29) is 18.0 Å². The fourth-order valence-corrected chi connectivity index (χ4v) is 1.66. The molecule has 1 heterocycles.